The van der Waals surface area contributed by atoms with Gasteiger partial charge in [-0.1, -0.05) is 6.58 Å². The Kier molecular flexibility index (Phi) is 5.55. The molecular weight excluding hydrogens is 188 g/mol. The first-order valence-electron chi connectivity index (χ1n) is 4.18. The summed E-state index contributed by atoms with van der Waals surface area (Å²) < 4.78 is 4.50. The number of rotatable bonds is 1. The molecule has 0 aromatic carbocycles. The highest BCUT2D eigenvalue weighted by molar-refractivity contribution is 5.84. The molecule has 1 atom stereocenters. The third-order valence-corrected chi connectivity index (χ3v) is 1.50. The van der Waals surface area contributed by atoms with Crippen LogP contribution in [0.2, 0.25) is 0 Å². The van der Waals surface area contributed by atoms with Crippen molar-refractivity contribution in [3.63, 3.8) is 0 Å². The molecule has 5 heteroatoms. The molecule has 0 saturated carbocycles. The summed E-state index contributed by atoms with van der Waals surface area (Å²) in [4.78, 5) is 19.9. The molecule has 1 heterocycles. The van der Waals surface area contributed by atoms with Crippen molar-refractivity contribution in [3.8, 4) is 0 Å². The van der Waals surface area contributed by atoms with Gasteiger partial charge in [0.05, 0.1) is 6.61 Å². The number of aliphatic hydroxyl groups is 1. The molecule has 0 aromatic heterocycles. The lowest BCUT2D eigenvalue weighted by atomic mass is 10.2. The molecule has 0 bridgehead atoms. The highest BCUT2D eigenvalue weighted by Crippen LogP contribution is 2.05. The van der Waals surface area contributed by atoms with Crippen LogP contribution < -0.4 is 0 Å². The highest BCUT2D eigenvalue weighted by atomic mass is 16.5. The molecule has 1 fully saturated rings. The Morgan fingerprint density at radius 3 is 2.36 bits per heavy atom. The number of hydrogen-bond acceptors (Lipinski definition) is 4. The van der Waals surface area contributed by atoms with Gasteiger partial charge in [-0.25, -0.2) is 9.59 Å². The van der Waals surface area contributed by atoms with Crippen LogP contribution >= 0.6 is 0 Å². The van der Waals surface area contributed by atoms with Crippen LogP contribution in [0.3, 0.4) is 0 Å². The summed E-state index contributed by atoms with van der Waals surface area (Å²) in [5.74, 6) is -1.41. The minimum atomic E-state index is -0.935. The minimum Gasteiger partial charge on any atom is -0.478 e. The van der Waals surface area contributed by atoms with E-state index in [2.05, 4.69) is 11.3 Å². The fraction of sp³-hybridized carbons (Fsp3) is 0.556. The molecule has 0 aromatic rings. The maximum absolute atomic E-state index is 10.3. The molecule has 0 spiro atoms. The van der Waals surface area contributed by atoms with E-state index in [4.69, 9.17) is 10.2 Å². The fourth-order valence-electron chi connectivity index (χ4n) is 0.663. The summed E-state index contributed by atoms with van der Waals surface area (Å²) in [7, 11) is 0. The molecule has 0 radical (unpaired) electrons. The van der Waals surface area contributed by atoms with Crippen LogP contribution in [0.25, 0.3) is 0 Å². The zero-order valence-electron chi connectivity index (χ0n) is 8.02. The van der Waals surface area contributed by atoms with Crippen molar-refractivity contribution in [2.45, 2.75) is 25.9 Å². The molecule has 1 saturated heterocycles. The molecular formula is C9H14O5. The number of carbonyl (C=O) groups excluding carboxylic acids is 1. The number of carbonyl (C=O) groups is 2. The Morgan fingerprint density at radius 2 is 2.14 bits per heavy atom. The highest BCUT2D eigenvalue weighted by Gasteiger charge is 2.19. The first kappa shape index (κ1) is 12.6. The second-order valence-electron chi connectivity index (χ2n) is 2.91. The number of aliphatic carboxylic acids is 1. The van der Waals surface area contributed by atoms with Crippen molar-refractivity contribution in [1.82, 2.24) is 0 Å². The van der Waals surface area contributed by atoms with E-state index in [9.17, 15) is 9.59 Å². The van der Waals surface area contributed by atoms with Gasteiger partial charge in [-0.3, -0.25) is 0 Å². The predicted octanol–water partition coefficient (Wildman–Crippen LogP) is 0.331. The predicted molar refractivity (Wildman–Crippen MR) is 48.6 cm³/mol. The molecule has 1 rings (SSSR count). The summed E-state index contributed by atoms with van der Waals surface area (Å²) in [5.41, 5.74) is 0.176. The minimum absolute atomic E-state index is 0.176. The zero-order valence-corrected chi connectivity index (χ0v) is 8.02. The first-order valence-corrected chi connectivity index (χ1v) is 4.18. The molecule has 80 valence electrons. The van der Waals surface area contributed by atoms with E-state index >= 15 is 0 Å². The maximum Gasteiger partial charge on any atom is 0.334 e. The van der Waals surface area contributed by atoms with Gasteiger partial charge in [0.25, 0.3) is 0 Å². The van der Waals surface area contributed by atoms with Crippen LogP contribution in [0, 0.1) is 0 Å². The number of cyclic esters (lactones) is 1. The van der Waals surface area contributed by atoms with Gasteiger partial charge in [-0.15, -0.1) is 0 Å². The maximum atomic E-state index is 10.3. The van der Waals surface area contributed by atoms with Gasteiger partial charge in [-0.05, 0) is 19.8 Å². The number of carboxylic acid groups (broad SMARTS) is 1. The number of hydrogen-bond donors (Lipinski definition) is 2. The third kappa shape index (κ3) is 5.31. The standard InChI is InChI=1S/C5H8O3.C4H6O2/c6-4-2-1-3-8-5(4)7;1-3(2)4(5)6/h4,6H,1-3H2;1H2,2H3,(H,5,6). The Morgan fingerprint density at radius 1 is 1.64 bits per heavy atom. The molecule has 2 N–H and O–H groups in total. The van der Waals surface area contributed by atoms with Crippen molar-refractivity contribution >= 4 is 11.9 Å². The number of carboxylic acids is 1. The first-order chi connectivity index (χ1) is 6.45. The summed E-state index contributed by atoms with van der Waals surface area (Å²) in [6, 6.07) is 0. The second kappa shape index (κ2) is 6.15. The van der Waals surface area contributed by atoms with Gasteiger partial charge in [0.2, 0.25) is 0 Å². The molecule has 5 nitrogen and oxygen atoms in total. The van der Waals surface area contributed by atoms with E-state index in [-0.39, 0.29) is 5.57 Å². The van der Waals surface area contributed by atoms with Gasteiger partial charge in [0.15, 0.2) is 6.10 Å². The van der Waals surface area contributed by atoms with E-state index < -0.39 is 18.0 Å². The lowest BCUT2D eigenvalue weighted by Crippen LogP contribution is -2.28. The largest absolute Gasteiger partial charge is 0.478 e. The average Bonchev–Trinajstić information content (AvgIpc) is 2.11. The second-order valence-corrected chi connectivity index (χ2v) is 2.91. The van der Waals surface area contributed by atoms with Crippen molar-refractivity contribution in [2.75, 3.05) is 6.61 Å². The van der Waals surface area contributed by atoms with Gasteiger partial charge >= 0.3 is 11.9 Å². The number of esters is 1. The van der Waals surface area contributed by atoms with Crippen LogP contribution in [0.1, 0.15) is 19.8 Å². The van der Waals surface area contributed by atoms with Gasteiger partial charge in [0.1, 0.15) is 0 Å². The monoisotopic (exact) mass is 202 g/mol. The summed E-state index contributed by atoms with van der Waals surface area (Å²) in [6.45, 7) is 5.07. The average molecular weight is 202 g/mol. The quantitative estimate of drug-likeness (QED) is 0.473. The molecule has 1 aliphatic heterocycles. The van der Waals surface area contributed by atoms with E-state index in [1.54, 1.807) is 0 Å². The van der Waals surface area contributed by atoms with Crippen LogP contribution in [-0.4, -0.2) is 34.9 Å². The van der Waals surface area contributed by atoms with Crippen molar-refractivity contribution in [2.24, 2.45) is 0 Å². The van der Waals surface area contributed by atoms with Gasteiger partial charge in [-0.2, -0.15) is 0 Å². The number of ether oxygens (including phenoxy) is 1. The van der Waals surface area contributed by atoms with Crippen LogP contribution in [-0.2, 0) is 14.3 Å². The topological polar surface area (TPSA) is 83.8 Å². The zero-order chi connectivity index (χ0) is 11.1. The van der Waals surface area contributed by atoms with E-state index in [1.165, 1.54) is 6.92 Å². The Hall–Kier alpha value is -1.36. The third-order valence-electron chi connectivity index (χ3n) is 1.50. The van der Waals surface area contributed by atoms with Crippen molar-refractivity contribution in [1.29, 1.82) is 0 Å². The van der Waals surface area contributed by atoms with Crippen LogP contribution in [0.4, 0.5) is 0 Å². The molecule has 1 unspecified atom stereocenters. The van der Waals surface area contributed by atoms with Crippen LogP contribution in [0.5, 0.6) is 0 Å². The van der Waals surface area contributed by atoms with Gasteiger partial charge in [0, 0.05) is 5.57 Å². The molecule has 14 heavy (non-hydrogen) atoms. The summed E-state index contributed by atoms with van der Waals surface area (Å²) in [6.07, 6.45) is 0.481. The van der Waals surface area contributed by atoms with Crippen molar-refractivity contribution in [3.05, 3.63) is 12.2 Å². The Labute approximate surface area is 82.0 Å². The van der Waals surface area contributed by atoms with E-state index in [0.29, 0.717) is 13.0 Å². The van der Waals surface area contributed by atoms with E-state index in [1.807, 2.05) is 0 Å². The van der Waals surface area contributed by atoms with Crippen LogP contribution in [0.15, 0.2) is 12.2 Å². The van der Waals surface area contributed by atoms with E-state index in [0.717, 1.165) is 6.42 Å². The number of aliphatic hydroxyl groups excluding tert-OH is 1. The lowest BCUT2D eigenvalue weighted by molar-refractivity contribution is -0.158. The lowest BCUT2D eigenvalue weighted by Gasteiger charge is -2.14. The molecule has 0 amide bonds. The molecule has 1 aliphatic rings. The van der Waals surface area contributed by atoms with Gasteiger partial charge < -0.3 is 14.9 Å². The smallest absolute Gasteiger partial charge is 0.334 e. The molecule has 0 aliphatic carbocycles. The SMILES string of the molecule is C=C(C)C(=O)O.O=C1OCCCC1O. The fourth-order valence-corrected chi connectivity index (χ4v) is 0.663. The summed E-state index contributed by atoms with van der Waals surface area (Å²) >= 11 is 0. The normalized spacial score (nSPS) is 20.1. The Bertz CT molecular complexity index is 221. The van der Waals surface area contributed by atoms with Crippen molar-refractivity contribution < 1.29 is 24.5 Å². The Balaban J connectivity index is 0.000000255. The summed E-state index contributed by atoms with van der Waals surface area (Å²) in [5, 5.41) is 16.6.